The number of hydrogen-bond donors (Lipinski definition) is 2. The van der Waals surface area contributed by atoms with Crippen molar-refractivity contribution in [3.8, 4) is 0 Å². The van der Waals surface area contributed by atoms with Crippen LogP contribution in [0.4, 0.5) is 11.4 Å². The van der Waals surface area contributed by atoms with Gasteiger partial charge in [0, 0.05) is 22.4 Å². The average Bonchev–Trinajstić information content (AvgIpc) is 2.82. The summed E-state index contributed by atoms with van der Waals surface area (Å²) in [5.74, 6) is 0. The van der Waals surface area contributed by atoms with Crippen LogP contribution in [0.2, 0.25) is 5.02 Å². The molecule has 0 amide bonds. The van der Waals surface area contributed by atoms with Crippen LogP contribution in [0, 0.1) is 6.92 Å². The molecule has 2 aromatic rings. The summed E-state index contributed by atoms with van der Waals surface area (Å²) in [6.45, 7) is 4.14. The molecule has 3 N–H and O–H groups in total. The van der Waals surface area contributed by atoms with E-state index in [1.807, 2.05) is 19.1 Å². The number of rotatable bonds is 4. The lowest BCUT2D eigenvalue weighted by Crippen LogP contribution is -2.19. The Morgan fingerprint density at radius 2 is 2.17 bits per heavy atom. The van der Waals surface area contributed by atoms with Gasteiger partial charge in [-0.25, -0.2) is 0 Å². The predicted molar refractivity (Wildman–Crippen MR) is 81.7 cm³/mol. The van der Waals surface area contributed by atoms with Gasteiger partial charge < -0.3 is 11.1 Å². The minimum atomic E-state index is 0.322. The minimum Gasteiger partial charge on any atom is -0.397 e. The Kier molecular flexibility index (Phi) is 4.15. The minimum absolute atomic E-state index is 0.322. The summed E-state index contributed by atoms with van der Waals surface area (Å²) in [6.07, 6.45) is 0.989. The first-order chi connectivity index (χ1) is 8.58. The lowest BCUT2D eigenvalue weighted by molar-refractivity contribution is 0.800. The topological polar surface area (TPSA) is 38.0 Å². The van der Waals surface area contributed by atoms with Crippen molar-refractivity contribution in [1.29, 1.82) is 0 Å². The van der Waals surface area contributed by atoms with Gasteiger partial charge in [0.15, 0.2) is 0 Å². The van der Waals surface area contributed by atoms with Gasteiger partial charge in [-0.1, -0.05) is 17.7 Å². The quantitative estimate of drug-likeness (QED) is 0.818. The Balaban J connectivity index is 2.11. The molecule has 2 rings (SSSR count). The summed E-state index contributed by atoms with van der Waals surface area (Å²) >= 11 is 7.89. The Hall–Kier alpha value is -1.19. The van der Waals surface area contributed by atoms with Crippen molar-refractivity contribution < 1.29 is 0 Å². The highest BCUT2D eigenvalue weighted by atomic mass is 35.5. The molecule has 1 aromatic heterocycles. The van der Waals surface area contributed by atoms with Gasteiger partial charge in [-0.3, -0.25) is 0 Å². The van der Waals surface area contributed by atoms with E-state index in [9.17, 15) is 0 Å². The summed E-state index contributed by atoms with van der Waals surface area (Å²) in [4.78, 5) is 1.37. The molecule has 0 spiro atoms. The van der Waals surface area contributed by atoms with E-state index in [0.717, 1.165) is 28.4 Å². The first-order valence-corrected chi connectivity index (χ1v) is 7.17. The maximum Gasteiger partial charge on any atom is 0.0620 e. The molecule has 0 aliphatic rings. The molecule has 2 nitrogen and oxygen atoms in total. The van der Waals surface area contributed by atoms with E-state index in [-0.39, 0.29) is 0 Å². The molecule has 96 valence electrons. The second-order valence-electron chi connectivity index (χ2n) is 4.47. The molecule has 0 aliphatic heterocycles. The fourth-order valence-corrected chi connectivity index (χ4v) is 2.92. The van der Waals surface area contributed by atoms with Gasteiger partial charge in [-0.15, -0.1) is 11.3 Å². The van der Waals surface area contributed by atoms with Crippen LogP contribution in [0.5, 0.6) is 0 Å². The van der Waals surface area contributed by atoms with E-state index >= 15 is 0 Å². The number of hydrogen-bond acceptors (Lipinski definition) is 3. The third kappa shape index (κ3) is 2.98. The van der Waals surface area contributed by atoms with Crippen LogP contribution >= 0.6 is 22.9 Å². The number of halogens is 1. The highest BCUT2D eigenvalue weighted by Crippen LogP contribution is 2.30. The van der Waals surface area contributed by atoms with Crippen molar-refractivity contribution in [3.05, 3.63) is 45.1 Å². The standard InChI is InChI=1S/C14H17ClN2S/c1-9(8-11-4-3-7-18-11)17-14-10(2)12(15)5-6-13(14)16/h3-7,9,17H,8,16H2,1-2H3. The van der Waals surface area contributed by atoms with Crippen molar-refractivity contribution in [1.82, 2.24) is 0 Å². The first kappa shape index (κ1) is 13.2. The fourth-order valence-electron chi connectivity index (χ4n) is 1.93. The zero-order valence-corrected chi connectivity index (χ0v) is 12.1. The average molecular weight is 281 g/mol. The van der Waals surface area contributed by atoms with Gasteiger partial charge in [0.05, 0.1) is 11.4 Å². The van der Waals surface area contributed by atoms with E-state index in [4.69, 9.17) is 17.3 Å². The largest absolute Gasteiger partial charge is 0.397 e. The highest BCUT2D eigenvalue weighted by molar-refractivity contribution is 7.09. The third-order valence-electron chi connectivity index (χ3n) is 2.91. The van der Waals surface area contributed by atoms with Gasteiger partial charge in [0.1, 0.15) is 0 Å². The highest BCUT2D eigenvalue weighted by Gasteiger charge is 2.10. The molecule has 4 heteroatoms. The summed E-state index contributed by atoms with van der Waals surface area (Å²) in [7, 11) is 0. The Bertz CT molecular complexity index is 523. The van der Waals surface area contributed by atoms with Crippen LogP contribution in [-0.4, -0.2) is 6.04 Å². The Morgan fingerprint density at radius 1 is 1.39 bits per heavy atom. The summed E-state index contributed by atoms with van der Waals surface area (Å²) < 4.78 is 0. The van der Waals surface area contributed by atoms with Gasteiger partial charge in [0.25, 0.3) is 0 Å². The molecule has 1 aromatic carbocycles. The van der Waals surface area contributed by atoms with Gasteiger partial charge in [-0.05, 0) is 43.0 Å². The van der Waals surface area contributed by atoms with Crippen molar-refractivity contribution in [2.75, 3.05) is 11.1 Å². The first-order valence-electron chi connectivity index (χ1n) is 5.91. The number of nitrogens with one attached hydrogen (secondary N) is 1. The van der Waals surface area contributed by atoms with Crippen molar-refractivity contribution in [2.45, 2.75) is 26.3 Å². The molecule has 0 saturated carbocycles. The molecular weight excluding hydrogens is 264 g/mol. The monoisotopic (exact) mass is 280 g/mol. The molecular formula is C14H17ClN2S. The summed E-state index contributed by atoms with van der Waals surface area (Å²) in [5, 5.41) is 6.30. The van der Waals surface area contributed by atoms with Crippen LogP contribution < -0.4 is 11.1 Å². The van der Waals surface area contributed by atoms with E-state index in [2.05, 4.69) is 29.8 Å². The maximum absolute atomic E-state index is 6.12. The zero-order chi connectivity index (χ0) is 13.1. The fraction of sp³-hybridized carbons (Fsp3) is 0.286. The molecule has 0 aliphatic carbocycles. The summed E-state index contributed by atoms with van der Waals surface area (Å²) in [5.41, 5.74) is 8.70. The van der Waals surface area contributed by atoms with Crippen LogP contribution in [0.15, 0.2) is 29.6 Å². The van der Waals surface area contributed by atoms with Crippen molar-refractivity contribution in [2.24, 2.45) is 0 Å². The Labute approximate surface area is 117 Å². The van der Waals surface area contributed by atoms with E-state index in [0.29, 0.717) is 6.04 Å². The van der Waals surface area contributed by atoms with Gasteiger partial charge >= 0.3 is 0 Å². The lowest BCUT2D eigenvalue weighted by atomic mass is 10.1. The van der Waals surface area contributed by atoms with Crippen molar-refractivity contribution >= 4 is 34.3 Å². The second kappa shape index (κ2) is 5.63. The molecule has 0 fully saturated rings. The SMILES string of the molecule is Cc1c(Cl)ccc(N)c1NC(C)Cc1cccs1. The number of nitrogens with two attached hydrogens (primary N) is 1. The lowest BCUT2D eigenvalue weighted by Gasteiger charge is -2.19. The van der Waals surface area contributed by atoms with Gasteiger partial charge in [0.2, 0.25) is 0 Å². The molecule has 0 bridgehead atoms. The maximum atomic E-state index is 6.12. The Morgan fingerprint density at radius 3 is 2.83 bits per heavy atom. The molecule has 18 heavy (non-hydrogen) atoms. The van der Waals surface area contributed by atoms with E-state index in [1.165, 1.54) is 4.88 Å². The number of thiophene rings is 1. The number of anilines is 2. The molecule has 1 heterocycles. The summed E-state index contributed by atoms with van der Waals surface area (Å²) in [6, 6.07) is 8.22. The van der Waals surface area contributed by atoms with Crippen LogP contribution in [-0.2, 0) is 6.42 Å². The van der Waals surface area contributed by atoms with Crippen LogP contribution in [0.3, 0.4) is 0 Å². The smallest absolute Gasteiger partial charge is 0.0620 e. The van der Waals surface area contributed by atoms with Gasteiger partial charge in [-0.2, -0.15) is 0 Å². The molecule has 0 radical (unpaired) electrons. The van der Waals surface area contributed by atoms with Crippen LogP contribution in [0.1, 0.15) is 17.4 Å². The predicted octanol–water partition coefficient (Wildman–Crippen LogP) is 4.34. The van der Waals surface area contributed by atoms with E-state index in [1.54, 1.807) is 11.3 Å². The number of benzene rings is 1. The van der Waals surface area contributed by atoms with E-state index < -0.39 is 0 Å². The second-order valence-corrected chi connectivity index (χ2v) is 5.90. The third-order valence-corrected chi connectivity index (χ3v) is 4.22. The molecule has 0 saturated heterocycles. The molecule has 1 atom stereocenters. The number of nitrogen functional groups attached to an aromatic ring is 1. The molecule has 1 unspecified atom stereocenters. The van der Waals surface area contributed by atoms with Crippen molar-refractivity contribution in [3.63, 3.8) is 0 Å². The van der Waals surface area contributed by atoms with Crippen LogP contribution in [0.25, 0.3) is 0 Å². The zero-order valence-electron chi connectivity index (χ0n) is 10.5. The normalized spacial score (nSPS) is 12.4.